The highest BCUT2D eigenvalue weighted by atomic mass is 32.2. The van der Waals surface area contributed by atoms with Gasteiger partial charge < -0.3 is 9.72 Å². The zero-order valence-electron chi connectivity index (χ0n) is 10.6. The molecule has 2 aromatic rings. The van der Waals surface area contributed by atoms with Crippen LogP contribution in [0.25, 0.3) is 11.0 Å². The van der Waals surface area contributed by atoms with E-state index in [1.165, 1.54) is 18.0 Å². The fourth-order valence-corrected chi connectivity index (χ4v) is 2.44. The Hall–Kier alpha value is -1.83. The average Bonchev–Trinajstić information content (AvgIpc) is 2.85. The van der Waals surface area contributed by atoms with Crippen LogP contribution in [-0.2, 0) is 9.53 Å². The zero-order valence-corrected chi connectivity index (χ0v) is 11.4. The molecular formula is C11H14N4O3S. The van der Waals surface area contributed by atoms with Crippen LogP contribution in [-0.4, -0.2) is 38.0 Å². The van der Waals surface area contributed by atoms with Gasteiger partial charge in [-0.3, -0.25) is 14.7 Å². The van der Waals surface area contributed by atoms with Crippen LogP contribution in [0.1, 0.15) is 20.3 Å². The van der Waals surface area contributed by atoms with Crippen LogP contribution < -0.4 is 5.56 Å². The fourth-order valence-electron chi connectivity index (χ4n) is 1.55. The van der Waals surface area contributed by atoms with Crippen LogP contribution in [0.4, 0.5) is 0 Å². The normalized spacial score (nSPS) is 12.5. The summed E-state index contributed by atoms with van der Waals surface area (Å²) >= 11 is 1.18. The van der Waals surface area contributed by atoms with Crippen LogP contribution in [0, 0.1) is 0 Å². The third kappa shape index (κ3) is 2.95. The summed E-state index contributed by atoms with van der Waals surface area (Å²) in [4.78, 5) is 30.3. The molecule has 0 fully saturated rings. The molecule has 0 bridgehead atoms. The third-order valence-electron chi connectivity index (χ3n) is 2.47. The van der Waals surface area contributed by atoms with Crippen molar-refractivity contribution in [3.05, 3.63) is 16.6 Å². The number of nitrogens with zero attached hydrogens (tertiary/aromatic N) is 2. The number of esters is 1. The van der Waals surface area contributed by atoms with Crippen molar-refractivity contribution in [2.24, 2.45) is 0 Å². The van der Waals surface area contributed by atoms with Gasteiger partial charge in [0, 0.05) is 0 Å². The number of ether oxygens (including phenoxy) is 1. The molecule has 0 saturated carbocycles. The van der Waals surface area contributed by atoms with Gasteiger partial charge in [0.1, 0.15) is 10.6 Å². The molecule has 0 aliphatic rings. The Morgan fingerprint density at radius 2 is 2.32 bits per heavy atom. The number of carbonyl (C=O) groups is 1. The van der Waals surface area contributed by atoms with Gasteiger partial charge in [-0.2, -0.15) is 5.10 Å². The van der Waals surface area contributed by atoms with Crippen molar-refractivity contribution in [1.82, 2.24) is 20.2 Å². The van der Waals surface area contributed by atoms with E-state index < -0.39 is 0 Å². The fraction of sp³-hybridized carbons (Fsp3) is 0.455. The van der Waals surface area contributed by atoms with E-state index in [-0.39, 0.29) is 16.8 Å². The Morgan fingerprint density at radius 1 is 1.53 bits per heavy atom. The van der Waals surface area contributed by atoms with E-state index in [1.54, 1.807) is 6.92 Å². The van der Waals surface area contributed by atoms with Crippen LogP contribution in [0.15, 0.2) is 16.1 Å². The van der Waals surface area contributed by atoms with Gasteiger partial charge in [-0.1, -0.05) is 18.7 Å². The molecule has 0 aliphatic carbocycles. The molecular weight excluding hydrogens is 268 g/mol. The van der Waals surface area contributed by atoms with E-state index in [9.17, 15) is 9.59 Å². The molecule has 102 valence electrons. The van der Waals surface area contributed by atoms with E-state index >= 15 is 0 Å². The number of aromatic amines is 2. The van der Waals surface area contributed by atoms with Crippen molar-refractivity contribution < 1.29 is 9.53 Å². The topological polar surface area (TPSA) is 101 Å². The van der Waals surface area contributed by atoms with Gasteiger partial charge >= 0.3 is 5.97 Å². The summed E-state index contributed by atoms with van der Waals surface area (Å²) in [5.74, 6) is -0.303. The molecule has 0 spiro atoms. The van der Waals surface area contributed by atoms with Gasteiger partial charge in [0.15, 0.2) is 10.8 Å². The molecule has 2 N–H and O–H groups in total. The van der Waals surface area contributed by atoms with E-state index in [0.717, 1.165) is 0 Å². The molecule has 0 radical (unpaired) electrons. The van der Waals surface area contributed by atoms with Crippen molar-refractivity contribution in [2.45, 2.75) is 30.7 Å². The minimum atomic E-state index is -0.386. The minimum absolute atomic E-state index is 0.278. The first-order valence-electron chi connectivity index (χ1n) is 5.92. The molecule has 1 atom stereocenters. The molecule has 0 amide bonds. The molecule has 0 aliphatic heterocycles. The smallest absolute Gasteiger partial charge is 0.319 e. The summed E-state index contributed by atoms with van der Waals surface area (Å²) in [5.41, 5.74) is 0.130. The van der Waals surface area contributed by atoms with Gasteiger partial charge in [0.25, 0.3) is 5.56 Å². The lowest BCUT2D eigenvalue weighted by Gasteiger charge is -2.11. The molecule has 0 aromatic carbocycles. The van der Waals surface area contributed by atoms with Crippen LogP contribution in [0.2, 0.25) is 0 Å². The summed E-state index contributed by atoms with van der Waals surface area (Å²) < 4.78 is 4.97. The maximum atomic E-state index is 11.7. The second-order valence-electron chi connectivity index (χ2n) is 3.77. The summed E-state index contributed by atoms with van der Waals surface area (Å²) in [5, 5.41) is 6.78. The van der Waals surface area contributed by atoms with Crippen molar-refractivity contribution in [3.63, 3.8) is 0 Å². The lowest BCUT2D eigenvalue weighted by Crippen LogP contribution is -2.20. The van der Waals surface area contributed by atoms with Gasteiger partial charge in [0.05, 0.1) is 12.8 Å². The van der Waals surface area contributed by atoms with Crippen molar-refractivity contribution in [1.29, 1.82) is 0 Å². The Bertz CT molecular complexity index is 636. The highest BCUT2D eigenvalue weighted by Gasteiger charge is 2.20. The number of rotatable bonds is 5. The lowest BCUT2D eigenvalue weighted by molar-refractivity contribution is -0.142. The largest absolute Gasteiger partial charge is 0.465 e. The Kier molecular flexibility index (Phi) is 4.20. The first-order chi connectivity index (χ1) is 9.15. The monoisotopic (exact) mass is 282 g/mol. The molecule has 2 heterocycles. The van der Waals surface area contributed by atoms with E-state index in [1.807, 2.05) is 6.92 Å². The van der Waals surface area contributed by atoms with Gasteiger partial charge in [-0.15, -0.1) is 0 Å². The molecule has 7 nitrogen and oxygen atoms in total. The highest BCUT2D eigenvalue weighted by Crippen LogP contribution is 2.23. The SMILES string of the molecule is CCOC(=O)[C@@H](CC)Sc1nc2[nH]ncc2c(=O)[nH]1. The molecule has 8 heteroatoms. The van der Waals surface area contributed by atoms with Crippen LogP contribution >= 0.6 is 11.8 Å². The van der Waals surface area contributed by atoms with E-state index in [4.69, 9.17) is 4.74 Å². The molecule has 0 unspecified atom stereocenters. The lowest BCUT2D eigenvalue weighted by atomic mass is 10.3. The van der Waals surface area contributed by atoms with Gasteiger partial charge in [-0.05, 0) is 13.3 Å². The molecule has 19 heavy (non-hydrogen) atoms. The Labute approximate surface area is 113 Å². The molecule has 2 aromatic heterocycles. The predicted molar refractivity (Wildman–Crippen MR) is 71.1 cm³/mol. The number of thioether (sulfide) groups is 1. The maximum Gasteiger partial charge on any atom is 0.319 e. The zero-order chi connectivity index (χ0) is 13.8. The predicted octanol–water partition coefficient (Wildman–Crippen LogP) is 1.08. The number of carbonyl (C=O) groups excluding carboxylic acids is 1. The summed E-state index contributed by atoms with van der Waals surface area (Å²) in [6.07, 6.45) is 2.01. The average molecular weight is 282 g/mol. The van der Waals surface area contributed by atoms with Gasteiger partial charge in [0.2, 0.25) is 0 Å². The number of fused-ring (bicyclic) bond motifs is 1. The Morgan fingerprint density at radius 3 is 3.00 bits per heavy atom. The maximum absolute atomic E-state index is 11.7. The van der Waals surface area contributed by atoms with Crippen LogP contribution in [0.3, 0.4) is 0 Å². The third-order valence-corrected chi connectivity index (χ3v) is 3.70. The van der Waals surface area contributed by atoms with Gasteiger partial charge in [-0.25, -0.2) is 4.98 Å². The quantitative estimate of drug-likeness (QED) is 0.483. The van der Waals surface area contributed by atoms with Crippen molar-refractivity contribution in [2.75, 3.05) is 6.61 Å². The highest BCUT2D eigenvalue weighted by molar-refractivity contribution is 8.00. The van der Waals surface area contributed by atoms with E-state index in [2.05, 4.69) is 20.2 Å². The summed E-state index contributed by atoms with van der Waals surface area (Å²) in [7, 11) is 0. The summed E-state index contributed by atoms with van der Waals surface area (Å²) in [6, 6.07) is 0. The number of aromatic nitrogens is 4. The van der Waals surface area contributed by atoms with Crippen molar-refractivity contribution in [3.8, 4) is 0 Å². The second kappa shape index (κ2) is 5.87. The number of nitrogens with one attached hydrogen (secondary N) is 2. The summed E-state index contributed by atoms with van der Waals surface area (Å²) in [6.45, 7) is 3.97. The number of hydrogen-bond donors (Lipinski definition) is 2. The first kappa shape index (κ1) is 13.6. The molecule has 2 rings (SSSR count). The first-order valence-corrected chi connectivity index (χ1v) is 6.80. The minimum Gasteiger partial charge on any atom is -0.465 e. The van der Waals surface area contributed by atoms with Crippen molar-refractivity contribution >= 4 is 28.8 Å². The molecule has 0 saturated heterocycles. The van der Waals surface area contributed by atoms with E-state index in [0.29, 0.717) is 29.2 Å². The standard InChI is InChI=1S/C11H14N4O3S/c1-3-7(10(17)18-4-2)19-11-13-8-6(5-12-15-8)9(16)14-11/h5,7H,3-4H2,1-2H3,(H2,12,13,14,15,16)/t7-/m1/s1. The van der Waals surface area contributed by atoms with Crippen LogP contribution in [0.5, 0.6) is 0 Å². The second-order valence-corrected chi connectivity index (χ2v) is 4.96. The number of H-pyrrole nitrogens is 2. The Balaban J connectivity index is 2.24. The number of hydrogen-bond acceptors (Lipinski definition) is 6.